The van der Waals surface area contributed by atoms with E-state index in [1.165, 1.54) is 11.1 Å². The molecule has 0 bridgehead atoms. The lowest BCUT2D eigenvalue weighted by atomic mass is 9.89. The minimum atomic E-state index is 0.0338. The van der Waals surface area contributed by atoms with E-state index in [0.717, 1.165) is 50.0 Å². The Morgan fingerprint density at radius 3 is 2.50 bits per heavy atom. The Morgan fingerprint density at radius 2 is 1.84 bits per heavy atom. The number of carbonyl (C=O) groups excluding carboxylic acids is 1. The van der Waals surface area contributed by atoms with Crippen LogP contribution in [0.25, 0.3) is 0 Å². The highest BCUT2D eigenvalue weighted by Gasteiger charge is 2.27. The van der Waals surface area contributed by atoms with E-state index in [1.807, 2.05) is 18.2 Å². The average Bonchev–Trinajstić information content (AvgIpc) is 3.23. The Hall–Kier alpha value is -2.55. The van der Waals surface area contributed by atoms with Crippen LogP contribution < -0.4 is 10.2 Å². The predicted octanol–water partition coefficient (Wildman–Crippen LogP) is 5.11. The molecule has 2 aliphatic rings. The standard InChI is InChI=1S/C26H31ClN4O/c1-17(2)31-15-20-5-4-18(12-21(20)16-31)26(32)29-22-7-10-23(11-8-22)30(3)24-9-6-19(14-28)25(27)13-24/h4-6,9,12-13,17,22-23H,7-8,10-11,15-16H2,1-3H3,(H,29,32)/t22-,23-. The maximum atomic E-state index is 12.9. The van der Waals surface area contributed by atoms with Crippen LogP contribution in [-0.2, 0) is 13.1 Å². The number of rotatable bonds is 5. The van der Waals surface area contributed by atoms with Gasteiger partial charge in [0, 0.05) is 49.5 Å². The summed E-state index contributed by atoms with van der Waals surface area (Å²) in [7, 11) is 2.08. The van der Waals surface area contributed by atoms with Crippen LogP contribution in [0.1, 0.15) is 66.6 Å². The second-order valence-corrected chi connectivity index (χ2v) is 9.76. The van der Waals surface area contributed by atoms with E-state index in [4.69, 9.17) is 16.9 Å². The molecule has 1 amide bonds. The number of halogens is 1. The molecule has 1 aliphatic heterocycles. The fourth-order valence-corrected chi connectivity index (χ4v) is 5.05. The van der Waals surface area contributed by atoms with E-state index >= 15 is 0 Å². The van der Waals surface area contributed by atoms with Gasteiger partial charge in [0.1, 0.15) is 6.07 Å². The molecule has 0 atom stereocenters. The molecule has 0 radical (unpaired) electrons. The highest BCUT2D eigenvalue weighted by molar-refractivity contribution is 6.32. The summed E-state index contributed by atoms with van der Waals surface area (Å²) >= 11 is 6.21. The number of carbonyl (C=O) groups is 1. The second kappa shape index (κ2) is 9.52. The van der Waals surface area contributed by atoms with E-state index in [0.29, 0.717) is 22.7 Å². The van der Waals surface area contributed by atoms with Gasteiger partial charge in [-0.3, -0.25) is 9.69 Å². The van der Waals surface area contributed by atoms with E-state index in [1.54, 1.807) is 6.07 Å². The number of hydrogen-bond acceptors (Lipinski definition) is 4. The van der Waals surface area contributed by atoms with Crippen molar-refractivity contribution in [1.82, 2.24) is 10.2 Å². The van der Waals surface area contributed by atoms with E-state index in [9.17, 15) is 4.79 Å². The number of amides is 1. The van der Waals surface area contributed by atoms with Gasteiger partial charge in [-0.15, -0.1) is 0 Å². The van der Waals surface area contributed by atoms with Crippen molar-refractivity contribution in [2.75, 3.05) is 11.9 Å². The summed E-state index contributed by atoms with van der Waals surface area (Å²) in [4.78, 5) is 17.6. The maximum Gasteiger partial charge on any atom is 0.251 e. The summed E-state index contributed by atoms with van der Waals surface area (Å²) in [6.07, 6.45) is 3.92. The third-order valence-electron chi connectivity index (χ3n) is 7.01. The normalized spacial score (nSPS) is 20.6. The molecule has 32 heavy (non-hydrogen) atoms. The quantitative estimate of drug-likeness (QED) is 0.687. The lowest BCUT2D eigenvalue weighted by Gasteiger charge is -2.36. The molecule has 168 valence electrons. The molecule has 6 heteroatoms. The Morgan fingerprint density at radius 1 is 1.12 bits per heavy atom. The van der Waals surface area contributed by atoms with Crippen LogP contribution in [-0.4, -0.2) is 36.0 Å². The van der Waals surface area contributed by atoms with Crippen molar-refractivity contribution < 1.29 is 4.79 Å². The molecule has 0 unspecified atom stereocenters. The summed E-state index contributed by atoms with van der Waals surface area (Å²) in [5.74, 6) is 0.0338. The Kier molecular flexibility index (Phi) is 6.74. The number of nitrogens with one attached hydrogen (secondary N) is 1. The van der Waals surface area contributed by atoms with Crippen LogP contribution in [0.5, 0.6) is 0 Å². The van der Waals surface area contributed by atoms with Crippen molar-refractivity contribution in [2.24, 2.45) is 0 Å². The van der Waals surface area contributed by atoms with Crippen LogP contribution in [0.4, 0.5) is 5.69 Å². The van der Waals surface area contributed by atoms with Gasteiger partial charge in [-0.1, -0.05) is 17.7 Å². The van der Waals surface area contributed by atoms with Crippen molar-refractivity contribution >= 4 is 23.2 Å². The molecule has 1 heterocycles. The third-order valence-corrected chi connectivity index (χ3v) is 7.32. The molecular weight excluding hydrogens is 420 g/mol. The van der Waals surface area contributed by atoms with E-state index in [-0.39, 0.29) is 11.9 Å². The zero-order valence-corrected chi connectivity index (χ0v) is 19.8. The number of fused-ring (bicyclic) bond motifs is 1. The third kappa shape index (κ3) is 4.77. The predicted molar refractivity (Wildman–Crippen MR) is 129 cm³/mol. The molecule has 0 spiro atoms. The van der Waals surface area contributed by atoms with E-state index in [2.05, 4.69) is 54.2 Å². The molecule has 0 saturated heterocycles. The first-order valence-corrected chi connectivity index (χ1v) is 11.8. The fraction of sp³-hybridized carbons (Fsp3) is 0.462. The van der Waals surface area contributed by atoms with Crippen molar-refractivity contribution in [1.29, 1.82) is 5.26 Å². The molecule has 5 nitrogen and oxygen atoms in total. The molecule has 1 aliphatic carbocycles. The van der Waals surface area contributed by atoms with Gasteiger partial charge < -0.3 is 10.2 Å². The van der Waals surface area contributed by atoms with Crippen LogP contribution in [0.3, 0.4) is 0 Å². The monoisotopic (exact) mass is 450 g/mol. The van der Waals surface area contributed by atoms with Gasteiger partial charge in [0.25, 0.3) is 5.91 Å². The first-order valence-electron chi connectivity index (χ1n) is 11.4. The van der Waals surface area contributed by atoms with Gasteiger partial charge in [0.15, 0.2) is 0 Å². The van der Waals surface area contributed by atoms with Gasteiger partial charge in [-0.2, -0.15) is 5.26 Å². The summed E-state index contributed by atoms with van der Waals surface area (Å²) in [6, 6.07) is 15.0. The number of hydrogen-bond donors (Lipinski definition) is 1. The summed E-state index contributed by atoms with van der Waals surface area (Å²) in [5, 5.41) is 12.8. The number of nitriles is 1. The second-order valence-electron chi connectivity index (χ2n) is 9.35. The number of benzene rings is 2. The minimum Gasteiger partial charge on any atom is -0.372 e. The van der Waals surface area contributed by atoms with Crippen LogP contribution in [0, 0.1) is 11.3 Å². The SMILES string of the molecule is CC(C)N1Cc2ccc(C(=O)N[C@H]3CC[C@H](N(C)c4ccc(C#N)c(Cl)c4)CC3)cc2C1. The summed E-state index contributed by atoms with van der Waals surface area (Å²) in [5.41, 5.74) is 4.90. The molecule has 0 aromatic heterocycles. The Labute approximate surface area is 196 Å². The highest BCUT2D eigenvalue weighted by Crippen LogP contribution is 2.30. The lowest BCUT2D eigenvalue weighted by Crippen LogP contribution is -2.43. The maximum absolute atomic E-state index is 12.9. The Bertz CT molecular complexity index is 1040. The molecule has 4 rings (SSSR count). The first kappa shape index (κ1) is 22.6. The molecule has 2 aromatic rings. The first-order chi connectivity index (χ1) is 15.4. The van der Waals surface area contributed by atoms with Gasteiger partial charge in [0.2, 0.25) is 0 Å². The molecule has 2 aromatic carbocycles. The molecule has 1 fully saturated rings. The van der Waals surface area contributed by atoms with Gasteiger partial charge in [-0.05, 0) is 81.0 Å². The zero-order valence-electron chi connectivity index (χ0n) is 19.1. The van der Waals surface area contributed by atoms with Crippen LogP contribution in [0.15, 0.2) is 36.4 Å². The van der Waals surface area contributed by atoms with Crippen molar-refractivity contribution in [3.8, 4) is 6.07 Å². The van der Waals surface area contributed by atoms with Crippen molar-refractivity contribution in [3.63, 3.8) is 0 Å². The molecule has 1 N–H and O–H groups in total. The lowest BCUT2D eigenvalue weighted by molar-refractivity contribution is 0.0925. The minimum absolute atomic E-state index is 0.0338. The van der Waals surface area contributed by atoms with Crippen LogP contribution in [0.2, 0.25) is 5.02 Å². The molecular formula is C26H31ClN4O. The van der Waals surface area contributed by atoms with Gasteiger partial charge >= 0.3 is 0 Å². The topological polar surface area (TPSA) is 59.4 Å². The van der Waals surface area contributed by atoms with Gasteiger partial charge in [-0.25, -0.2) is 0 Å². The number of nitrogens with zero attached hydrogens (tertiary/aromatic N) is 3. The number of anilines is 1. The van der Waals surface area contributed by atoms with Gasteiger partial charge in [0.05, 0.1) is 10.6 Å². The van der Waals surface area contributed by atoms with Crippen LogP contribution >= 0.6 is 11.6 Å². The molecule has 1 saturated carbocycles. The zero-order chi connectivity index (χ0) is 22.8. The summed E-state index contributed by atoms with van der Waals surface area (Å²) < 4.78 is 0. The Balaban J connectivity index is 1.32. The fourth-order valence-electron chi connectivity index (χ4n) is 4.83. The van der Waals surface area contributed by atoms with Crippen molar-refractivity contribution in [2.45, 2.75) is 70.7 Å². The average molecular weight is 451 g/mol. The summed E-state index contributed by atoms with van der Waals surface area (Å²) in [6.45, 7) is 6.31. The van der Waals surface area contributed by atoms with Crippen molar-refractivity contribution in [3.05, 3.63) is 63.7 Å². The largest absolute Gasteiger partial charge is 0.372 e. The van der Waals surface area contributed by atoms with E-state index < -0.39 is 0 Å². The highest BCUT2D eigenvalue weighted by atomic mass is 35.5. The smallest absolute Gasteiger partial charge is 0.251 e.